The van der Waals surface area contributed by atoms with E-state index in [-0.39, 0.29) is 0 Å². The van der Waals surface area contributed by atoms with E-state index in [2.05, 4.69) is 36.4 Å². The number of nitrogens with zero attached hydrogens (tertiary/aromatic N) is 3. The van der Waals surface area contributed by atoms with Crippen LogP contribution in [0.4, 0.5) is 0 Å². The van der Waals surface area contributed by atoms with Crippen LogP contribution in [-0.2, 0) is 13.5 Å². The van der Waals surface area contributed by atoms with Gasteiger partial charge in [0.25, 0.3) is 0 Å². The first kappa shape index (κ1) is 12.2. The van der Waals surface area contributed by atoms with E-state index in [0.717, 1.165) is 18.7 Å². The molecule has 0 saturated carbocycles. The molecular weight excluding hydrogens is 188 g/mol. The summed E-state index contributed by atoms with van der Waals surface area (Å²) in [6, 6.07) is 0.556. The van der Waals surface area contributed by atoms with Crippen molar-refractivity contribution in [1.29, 1.82) is 0 Å². The molecule has 86 valence electrons. The lowest BCUT2D eigenvalue weighted by Gasteiger charge is -2.16. The summed E-state index contributed by atoms with van der Waals surface area (Å²) < 4.78 is 1.76. The molecular formula is C11H22N4. The van der Waals surface area contributed by atoms with Gasteiger partial charge in [-0.05, 0) is 18.9 Å². The van der Waals surface area contributed by atoms with E-state index in [1.807, 2.05) is 13.2 Å². The van der Waals surface area contributed by atoms with Gasteiger partial charge >= 0.3 is 0 Å². The van der Waals surface area contributed by atoms with Gasteiger partial charge in [0.1, 0.15) is 0 Å². The van der Waals surface area contributed by atoms with Gasteiger partial charge in [-0.2, -0.15) is 0 Å². The molecule has 0 aliphatic rings. The van der Waals surface area contributed by atoms with Crippen LogP contribution in [0, 0.1) is 5.92 Å². The average Bonchev–Trinajstić information content (AvgIpc) is 2.58. The molecule has 1 N–H and O–H groups in total. The number of aryl methyl sites for hydroxylation is 1. The van der Waals surface area contributed by atoms with Crippen molar-refractivity contribution in [1.82, 2.24) is 20.3 Å². The molecule has 1 atom stereocenters. The lowest BCUT2D eigenvalue weighted by atomic mass is 10.0. The summed E-state index contributed by atoms with van der Waals surface area (Å²) in [7, 11) is 1.91. The Hall–Kier alpha value is -0.900. The van der Waals surface area contributed by atoms with Crippen LogP contribution in [0.1, 0.15) is 32.9 Å². The van der Waals surface area contributed by atoms with E-state index in [4.69, 9.17) is 0 Å². The van der Waals surface area contributed by atoms with Crippen LogP contribution in [0.25, 0.3) is 0 Å². The van der Waals surface area contributed by atoms with E-state index in [1.54, 1.807) is 4.68 Å². The zero-order chi connectivity index (χ0) is 11.3. The Morgan fingerprint density at radius 3 is 2.67 bits per heavy atom. The highest BCUT2D eigenvalue weighted by Gasteiger charge is 2.10. The Kier molecular flexibility index (Phi) is 4.75. The Labute approximate surface area is 92.1 Å². The predicted molar refractivity (Wildman–Crippen MR) is 61.6 cm³/mol. The summed E-state index contributed by atoms with van der Waals surface area (Å²) in [4.78, 5) is 0. The minimum atomic E-state index is 0.556. The zero-order valence-corrected chi connectivity index (χ0v) is 10.2. The minimum Gasteiger partial charge on any atom is -0.314 e. The van der Waals surface area contributed by atoms with Crippen LogP contribution < -0.4 is 5.32 Å². The van der Waals surface area contributed by atoms with Crippen molar-refractivity contribution in [2.45, 2.75) is 39.7 Å². The van der Waals surface area contributed by atoms with E-state index < -0.39 is 0 Å². The topological polar surface area (TPSA) is 42.7 Å². The molecule has 4 nitrogen and oxygen atoms in total. The fraction of sp³-hybridized carbons (Fsp3) is 0.818. The van der Waals surface area contributed by atoms with Crippen molar-refractivity contribution in [3.8, 4) is 0 Å². The van der Waals surface area contributed by atoms with Gasteiger partial charge in [-0.3, -0.25) is 4.68 Å². The van der Waals surface area contributed by atoms with Crippen LogP contribution in [0.2, 0.25) is 0 Å². The fourth-order valence-corrected chi connectivity index (χ4v) is 1.55. The first-order valence-corrected chi connectivity index (χ1v) is 5.70. The first-order chi connectivity index (χ1) is 7.11. The number of hydrogen-bond donors (Lipinski definition) is 1. The molecule has 1 aromatic heterocycles. The second-order valence-corrected chi connectivity index (χ2v) is 4.42. The molecule has 15 heavy (non-hydrogen) atoms. The van der Waals surface area contributed by atoms with E-state index in [0.29, 0.717) is 12.0 Å². The first-order valence-electron chi connectivity index (χ1n) is 5.70. The molecule has 0 radical (unpaired) electrons. The molecule has 1 rings (SSSR count). The van der Waals surface area contributed by atoms with Gasteiger partial charge in [0.15, 0.2) is 0 Å². The molecule has 4 heteroatoms. The average molecular weight is 210 g/mol. The monoisotopic (exact) mass is 210 g/mol. The largest absolute Gasteiger partial charge is 0.314 e. The fourth-order valence-electron chi connectivity index (χ4n) is 1.55. The number of aromatic nitrogens is 3. The standard InChI is InChI=1S/C11H22N4/c1-5-10(7-12-9(2)3)6-11-8-15(4)14-13-11/h8-10,12H,5-7H2,1-4H3. The zero-order valence-electron chi connectivity index (χ0n) is 10.2. The Bertz CT molecular complexity index is 280. The van der Waals surface area contributed by atoms with Crippen LogP contribution in [0.5, 0.6) is 0 Å². The van der Waals surface area contributed by atoms with Crippen molar-refractivity contribution in [3.63, 3.8) is 0 Å². The maximum atomic E-state index is 4.12. The van der Waals surface area contributed by atoms with Gasteiger partial charge in [0, 0.05) is 19.3 Å². The third kappa shape index (κ3) is 4.42. The summed E-state index contributed by atoms with van der Waals surface area (Å²) in [6.07, 6.45) is 4.19. The summed E-state index contributed by atoms with van der Waals surface area (Å²) >= 11 is 0. The number of nitrogens with one attached hydrogen (secondary N) is 1. The lowest BCUT2D eigenvalue weighted by Crippen LogP contribution is -2.29. The molecule has 1 heterocycles. The summed E-state index contributed by atoms with van der Waals surface area (Å²) in [5.74, 6) is 0.657. The normalized spacial score (nSPS) is 13.4. The van der Waals surface area contributed by atoms with Gasteiger partial charge in [-0.1, -0.05) is 32.4 Å². The smallest absolute Gasteiger partial charge is 0.0830 e. The molecule has 0 amide bonds. The molecule has 1 aromatic rings. The van der Waals surface area contributed by atoms with Crippen molar-refractivity contribution in [2.75, 3.05) is 6.54 Å². The van der Waals surface area contributed by atoms with Crippen LogP contribution in [-0.4, -0.2) is 27.6 Å². The Morgan fingerprint density at radius 1 is 1.47 bits per heavy atom. The second-order valence-electron chi connectivity index (χ2n) is 4.42. The molecule has 0 saturated heterocycles. The highest BCUT2D eigenvalue weighted by atomic mass is 15.4. The second kappa shape index (κ2) is 5.85. The summed E-state index contributed by atoms with van der Waals surface area (Å²) in [6.45, 7) is 7.64. The van der Waals surface area contributed by atoms with E-state index >= 15 is 0 Å². The molecule has 0 aliphatic carbocycles. The number of hydrogen-bond acceptors (Lipinski definition) is 3. The van der Waals surface area contributed by atoms with Crippen LogP contribution >= 0.6 is 0 Å². The molecule has 0 bridgehead atoms. The van der Waals surface area contributed by atoms with Crippen LogP contribution in [0.3, 0.4) is 0 Å². The van der Waals surface area contributed by atoms with E-state index in [1.165, 1.54) is 6.42 Å². The molecule has 1 unspecified atom stereocenters. The third-order valence-electron chi connectivity index (χ3n) is 2.54. The van der Waals surface area contributed by atoms with Gasteiger partial charge in [-0.25, -0.2) is 0 Å². The Morgan fingerprint density at radius 2 is 2.20 bits per heavy atom. The lowest BCUT2D eigenvalue weighted by molar-refractivity contribution is 0.432. The van der Waals surface area contributed by atoms with Gasteiger partial charge in [0.05, 0.1) is 5.69 Å². The quantitative estimate of drug-likeness (QED) is 0.771. The SMILES string of the molecule is CCC(CNC(C)C)Cc1cn(C)nn1. The van der Waals surface area contributed by atoms with Crippen LogP contribution in [0.15, 0.2) is 6.20 Å². The van der Waals surface area contributed by atoms with Gasteiger partial charge in [0.2, 0.25) is 0 Å². The maximum Gasteiger partial charge on any atom is 0.0830 e. The summed E-state index contributed by atoms with van der Waals surface area (Å²) in [5, 5.41) is 11.5. The molecule has 0 aromatic carbocycles. The van der Waals surface area contributed by atoms with E-state index in [9.17, 15) is 0 Å². The molecule has 0 spiro atoms. The molecule has 0 fully saturated rings. The van der Waals surface area contributed by atoms with Gasteiger partial charge in [-0.15, -0.1) is 5.10 Å². The van der Waals surface area contributed by atoms with Crippen molar-refractivity contribution in [2.24, 2.45) is 13.0 Å². The minimum absolute atomic E-state index is 0.556. The van der Waals surface area contributed by atoms with Gasteiger partial charge < -0.3 is 5.32 Å². The highest BCUT2D eigenvalue weighted by molar-refractivity contribution is 4.94. The summed E-state index contributed by atoms with van der Waals surface area (Å²) in [5.41, 5.74) is 1.09. The predicted octanol–water partition coefficient (Wildman–Crippen LogP) is 1.38. The number of rotatable bonds is 6. The molecule has 0 aliphatic heterocycles. The highest BCUT2D eigenvalue weighted by Crippen LogP contribution is 2.08. The van der Waals surface area contributed by atoms with Crippen molar-refractivity contribution >= 4 is 0 Å². The Balaban J connectivity index is 2.39. The third-order valence-corrected chi connectivity index (χ3v) is 2.54. The van der Waals surface area contributed by atoms with Crippen molar-refractivity contribution in [3.05, 3.63) is 11.9 Å². The van der Waals surface area contributed by atoms with Crippen molar-refractivity contribution < 1.29 is 0 Å². The maximum absolute atomic E-state index is 4.12.